The highest BCUT2D eigenvalue weighted by Gasteiger charge is 2.78. The van der Waals surface area contributed by atoms with Crippen molar-refractivity contribution in [2.75, 3.05) is 25.0 Å². The number of aliphatic hydroxyl groups is 1. The van der Waals surface area contributed by atoms with Gasteiger partial charge in [0.15, 0.2) is 5.60 Å². The summed E-state index contributed by atoms with van der Waals surface area (Å²) in [6.45, 7) is 4.58. The summed E-state index contributed by atoms with van der Waals surface area (Å²) in [5.41, 5.74) is 3.15. The zero-order chi connectivity index (χ0) is 22.8. The van der Waals surface area contributed by atoms with Gasteiger partial charge in [0.1, 0.15) is 5.75 Å². The number of anilines is 1. The van der Waals surface area contributed by atoms with Crippen molar-refractivity contribution < 1.29 is 19.4 Å². The third kappa shape index (κ3) is 3.42. The molecule has 0 radical (unpaired) electrons. The molecule has 2 aliphatic carbocycles. The molecular formula is C26H29N3O4. The molecule has 2 aromatic rings. The van der Waals surface area contributed by atoms with Gasteiger partial charge in [-0.3, -0.25) is 14.5 Å². The molecule has 2 heterocycles. The number of nitrogens with zero attached hydrogens (tertiary/aromatic N) is 1. The van der Waals surface area contributed by atoms with Crippen LogP contribution in [0.25, 0.3) is 0 Å². The normalized spacial score (nSPS) is 30.1. The molecule has 2 aliphatic heterocycles. The Morgan fingerprint density at radius 1 is 1.30 bits per heavy atom. The number of fused-ring (bicyclic) bond motifs is 4. The Kier molecular flexibility index (Phi) is 4.58. The summed E-state index contributed by atoms with van der Waals surface area (Å²) in [6, 6.07) is 13.5. The summed E-state index contributed by atoms with van der Waals surface area (Å²) in [4.78, 5) is 27.6. The van der Waals surface area contributed by atoms with Crippen LogP contribution in [0.1, 0.15) is 41.3 Å². The molecule has 0 aromatic heterocycles. The molecule has 0 bridgehead atoms. The van der Waals surface area contributed by atoms with E-state index in [1.165, 1.54) is 11.1 Å². The lowest BCUT2D eigenvalue weighted by Crippen LogP contribution is -2.60. The van der Waals surface area contributed by atoms with Gasteiger partial charge in [-0.05, 0) is 47.6 Å². The van der Waals surface area contributed by atoms with Crippen molar-refractivity contribution in [1.29, 1.82) is 0 Å². The molecule has 6 rings (SSSR count). The number of benzene rings is 2. The SMILES string of the molecule is C[C@@]12CC1C1(C2)Oc2ccc(C(=O)NC[C@H](O)CN3CCc4ccccc4C3)cc2NC1=O. The van der Waals surface area contributed by atoms with Crippen molar-refractivity contribution in [3.8, 4) is 5.75 Å². The quantitative estimate of drug-likeness (QED) is 0.655. The second kappa shape index (κ2) is 7.30. The van der Waals surface area contributed by atoms with Gasteiger partial charge < -0.3 is 20.5 Å². The van der Waals surface area contributed by atoms with Crippen molar-refractivity contribution in [1.82, 2.24) is 10.2 Å². The zero-order valence-corrected chi connectivity index (χ0v) is 18.8. The summed E-state index contributed by atoms with van der Waals surface area (Å²) < 4.78 is 6.14. The number of β-amino-alcohol motifs (C(OH)–C–C–N with tert-alkyl or cyclic N) is 1. The Morgan fingerprint density at radius 2 is 2.12 bits per heavy atom. The van der Waals surface area contributed by atoms with Gasteiger partial charge in [-0.1, -0.05) is 31.2 Å². The second-order valence-electron chi connectivity index (χ2n) is 10.4. The third-order valence-electron chi connectivity index (χ3n) is 7.92. The first-order valence-corrected chi connectivity index (χ1v) is 11.8. The minimum atomic E-state index is -0.732. The Hall–Kier alpha value is -2.90. The number of aliphatic hydroxyl groups excluding tert-OH is 1. The molecule has 2 aromatic carbocycles. The van der Waals surface area contributed by atoms with Crippen LogP contribution in [-0.4, -0.2) is 53.2 Å². The number of carbonyl (C=O) groups is 2. The van der Waals surface area contributed by atoms with E-state index in [0.717, 1.165) is 32.4 Å². The molecule has 4 aliphatic rings. The molecule has 7 nitrogen and oxygen atoms in total. The Labute approximate surface area is 193 Å². The van der Waals surface area contributed by atoms with Gasteiger partial charge in [0, 0.05) is 44.1 Å². The third-order valence-corrected chi connectivity index (χ3v) is 7.92. The van der Waals surface area contributed by atoms with Crippen LogP contribution in [0.5, 0.6) is 5.75 Å². The molecule has 1 spiro atoms. The van der Waals surface area contributed by atoms with E-state index in [0.29, 0.717) is 23.5 Å². The molecule has 2 amide bonds. The molecule has 3 N–H and O–H groups in total. The highest BCUT2D eigenvalue weighted by molar-refractivity contribution is 6.04. The Morgan fingerprint density at radius 3 is 2.88 bits per heavy atom. The topological polar surface area (TPSA) is 90.9 Å². The van der Waals surface area contributed by atoms with E-state index in [4.69, 9.17) is 4.74 Å². The van der Waals surface area contributed by atoms with Crippen LogP contribution in [0, 0.1) is 11.3 Å². The fourth-order valence-corrected chi connectivity index (χ4v) is 5.98. The lowest BCUT2D eigenvalue weighted by atomic mass is 9.70. The van der Waals surface area contributed by atoms with Gasteiger partial charge in [0.05, 0.1) is 11.8 Å². The minimum Gasteiger partial charge on any atom is -0.475 e. The van der Waals surface area contributed by atoms with E-state index in [2.05, 4.69) is 40.7 Å². The largest absolute Gasteiger partial charge is 0.475 e. The standard InChI is InChI=1S/C26H29N3O4/c1-25-11-22(25)26(15-25)24(32)28-20-10-17(6-7-21(20)33-26)23(31)27-12-19(30)14-29-9-8-16-4-2-3-5-18(16)13-29/h2-7,10,19,22,30H,8-9,11-15H2,1H3,(H,27,31)(H,28,32)/t19-,22?,25-,26?/m0/s1. The molecule has 0 saturated heterocycles. The van der Waals surface area contributed by atoms with E-state index < -0.39 is 11.7 Å². The van der Waals surface area contributed by atoms with Crippen molar-refractivity contribution in [3.05, 3.63) is 59.2 Å². The average Bonchev–Trinajstić information content (AvgIpc) is 3.39. The van der Waals surface area contributed by atoms with Gasteiger partial charge in [0.25, 0.3) is 11.8 Å². The fraction of sp³-hybridized carbons (Fsp3) is 0.462. The first-order valence-electron chi connectivity index (χ1n) is 11.8. The van der Waals surface area contributed by atoms with Crippen LogP contribution in [0.4, 0.5) is 5.69 Å². The maximum Gasteiger partial charge on any atom is 0.269 e. The molecule has 172 valence electrons. The predicted molar refractivity (Wildman–Crippen MR) is 123 cm³/mol. The van der Waals surface area contributed by atoms with Crippen LogP contribution in [0.2, 0.25) is 0 Å². The number of amides is 2. The maximum atomic E-state index is 12.7. The van der Waals surface area contributed by atoms with E-state index in [-0.39, 0.29) is 29.7 Å². The van der Waals surface area contributed by atoms with E-state index in [1.54, 1.807) is 18.2 Å². The summed E-state index contributed by atoms with van der Waals surface area (Å²) in [5.74, 6) is 0.515. The summed E-state index contributed by atoms with van der Waals surface area (Å²) >= 11 is 0. The summed E-state index contributed by atoms with van der Waals surface area (Å²) in [7, 11) is 0. The lowest BCUT2D eigenvalue weighted by molar-refractivity contribution is -0.146. The van der Waals surface area contributed by atoms with Gasteiger partial charge in [-0.2, -0.15) is 0 Å². The van der Waals surface area contributed by atoms with E-state index >= 15 is 0 Å². The van der Waals surface area contributed by atoms with Crippen molar-refractivity contribution in [3.63, 3.8) is 0 Å². The molecular weight excluding hydrogens is 418 g/mol. The highest BCUT2D eigenvalue weighted by Crippen LogP contribution is 2.74. The molecule has 4 atom stereocenters. The first-order chi connectivity index (χ1) is 15.9. The Bertz CT molecular complexity index is 1150. The summed E-state index contributed by atoms with van der Waals surface area (Å²) in [6.07, 6.45) is 2.09. The average molecular weight is 448 g/mol. The van der Waals surface area contributed by atoms with Gasteiger partial charge in [-0.15, -0.1) is 0 Å². The van der Waals surface area contributed by atoms with Crippen LogP contribution in [-0.2, 0) is 17.8 Å². The molecule has 2 saturated carbocycles. The molecule has 2 fully saturated rings. The van der Waals surface area contributed by atoms with Crippen LogP contribution in [0.15, 0.2) is 42.5 Å². The fourth-order valence-electron chi connectivity index (χ4n) is 5.98. The monoisotopic (exact) mass is 447 g/mol. The number of carbonyl (C=O) groups excluding carboxylic acids is 2. The van der Waals surface area contributed by atoms with E-state index in [1.807, 2.05) is 6.07 Å². The number of hydrogen-bond acceptors (Lipinski definition) is 5. The van der Waals surface area contributed by atoms with E-state index in [9.17, 15) is 14.7 Å². The number of hydrogen-bond donors (Lipinski definition) is 3. The lowest BCUT2D eigenvalue weighted by Gasteiger charge is -2.46. The Balaban J connectivity index is 1.04. The van der Waals surface area contributed by atoms with Crippen molar-refractivity contribution in [2.45, 2.75) is 44.4 Å². The van der Waals surface area contributed by atoms with Crippen molar-refractivity contribution in [2.24, 2.45) is 11.3 Å². The number of rotatable bonds is 5. The molecule has 33 heavy (non-hydrogen) atoms. The zero-order valence-electron chi connectivity index (χ0n) is 18.8. The van der Waals surface area contributed by atoms with Crippen LogP contribution < -0.4 is 15.4 Å². The van der Waals surface area contributed by atoms with Crippen LogP contribution >= 0.6 is 0 Å². The smallest absolute Gasteiger partial charge is 0.269 e. The minimum absolute atomic E-state index is 0.105. The summed E-state index contributed by atoms with van der Waals surface area (Å²) in [5, 5.41) is 16.2. The van der Waals surface area contributed by atoms with Gasteiger partial charge >= 0.3 is 0 Å². The number of ether oxygens (including phenoxy) is 1. The first kappa shape index (κ1) is 20.7. The van der Waals surface area contributed by atoms with Gasteiger partial charge in [0.2, 0.25) is 0 Å². The predicted octanol–water partition coefficient (Wildman–Crippen LogP) is 2.34. The number of nitrogens with one attached hydrogen (secondary N) is 2. The van der Waals surface area contributed by atoms with Gasteiger partial charge in [-0.25, -0.2) is 0 Å². The van der Waals surface area contributed by atoms with Crippen molar-refractivity contribution >= 4 is 17.5 Å². The maximum absolute atomic E-state index is 12.7. The highest BCUT2D eigenvalue weighted by atomic mass is 16.5. The second-order valence-corrected chi connectivity index (χ2v) is 10.4. The molecule has 2 unspecified atom stereocenters. The molecule has 7 heteroatoms. The van der Waals surface area contributed by atoms with Crippen LogP contribution in [0.3, 0.4) is 0 Å².